The first-order chi connectivity index (χ1) is 8.28. The van der Waals surface area contributed by atoms with Gasteiger partial charge in [-0.2, -0.15) is 0 Å². The Morgan fingerprint density at radius 1 is 1.00 bits per heavy atom. The monoisotopic (exact) mass is 240 g/mol. The number of hydrogen-bond acceptors (Lipinski definition) is 3. The van der Waals surface area contributed by atoms with Crippen LogP contribution in [0, 0.1) is 11.8 Å². The number of likely N-dealkylation sites (tertiary alicyclic amines) is 1. The number of methoxy groups -OCH3 is 1. The molecule has 0 aromatic carbocycles. The summed E-state index contributed by atoms with van der Waals surface area (Å²) in [7, 11) is 1.82. The quantitative estimate of drug-likeness (QED) is 0.815. The molecule has 2 rings (SSSR count). The molecule has 0 radical (unpaired) electrons. The van der Waals surface area contributed by atoms with Crippen molar-refractivity contribution in [3.05, 3.63) is 0 Å². The summed E-state index contributed by atoms with van der Waals surface area (Å²) in [5, 5.41) is 0. The Labute approximate surface area is 106 Å². The average Bonchev–Trinajstić information content (AvgIpc) is 2.35. The van der Waals surface area contributed by atoms with E-state index >= 15 is 0 Å². The minimum Gasteiger partial charge on any atom is -0.384 e. The summed E-state index contributed by atoms with van der Waals surface area (Å²) in [6.45, 7) is 4.81. The second-order valence-corrected chi connectivity index (χ2v) is 5.98. The Kier molecular flexibility index (Phi) is 5.26. The molecule has 2 N–H and O–H groups in total. The molecule has 0 unspecified atom stereocenters. The van der Waals surface area contributed by atoms with Gasteiger partial charge in [-0.15, -0.1) is 0 Å². The van der Waals surface area contributed by atoms with E-state index in [2.05, 4.69) is 4.90 Å². The molecule has 1 aliphatic heterocycles. The lowest BCUT2D eigenvalue weighted by Gasteiger charge is -2.36. The lowest BCUT2D eigenvalue weighted by atomic mass is 9.85. The zero-order valence-corrected chi connectivity index (χ0v) is 11.2. The molecule has 17 heavy (non-hydrogen) atoms. The number of hydrogen-bond donors (Lipinski definition) is 1. The van der Waals surface area contributed by atoms with Crippen molar-refractivity contribution in [3.8, 4) is 0 Å². The van der Waals surface area contributed by atoms with Gasteiger partial charge in [-0.3, -0.25) is 0 Å². The predicted molar refractivity (Wildman–Crippen MR) is 71.0 cm³/mol. The van der Waals surface area contributed by atoms with Gasteiger partial charge in [0.25, 0.3) is 0 Å². The molecule has 1 heterocycles. The van der Waals surface area contributed by atoms with Gasteiger partial charge in [0.2, 0.25) is 0 Å². The normalized spacial score (nSPS) is 32.8. The van der Waals surface area contributed by atoms with E-state index in [1.807, 2.05) is 7.11 Å². The van der Waals surface area contributed by atoms with E-state index in [1.165, 1.54) is 58.2 Å². The number of ether oxygens (including phenoxy) is 1. The van der Waals surface area contributed by atoms with Crippen LogP contribution in [0.25, 0.3) is 0 Å². The van der Waals surface area contributed by atoms with Crippen LogP contribution in [0.3, 0.4) is 0 Å². The van der Waals surface area contributed by atoms with Crippen molar-refractivity contribution in [2.45, 2.75) is 44.6 Å². The maximum Gasteiger partial charge on any atom is 0.0491 e. The lowest BCUT2D eigenvalue weighted by Crippen LogP contribution is -2.39. The molecule has 1 saturated carbocycles. The van der Waals surface area contributed by atoms with Gasteiger partial charge in [0.1, 0.15) is 0 Å². The van der Waals surface area contributed by atoms with Gasteiger partial charge in [-0.1, -0.05) is 0 Å². The van der Waals surface area contributed by atoms with Crippen LogP contribution in [-0.2, 0) is 4.74 Å². The SMILES string of the molecule is COCC1CCN(CC2CCC(N)CC2)CC1. The zero-order valence-electron chi connectivity index (χ0n) is 11.2. The molecule has 100 valence electrons. The standard InChI is InChI=1S/C14H28N2O/c1-17-11-13-6-8-16(9-7-13)10-12-2-4-14(15)5-3-12/h12-14H,2-11,15H2,1H3. The van der Waals surface area contributed by atoms with E-state index in [-0.39, 0.29) is 0 Å². The summed E-state index contributed by atoms with van der Waals surface area (Å²) in [5.74, 6) is 1.71. The number of rotatable bonds is 4. The molecule has 1 aliphatic carbocycles. The molecule has 3 heteroatoms. The van der Waals surface area contributed by atoms with E-state index in [1.54, 1.807) is 0 Å². The van der Waals surface area contributed by atoms with Crippen molar-refractivity contribution in [1.82, 2.24) is 4.90 Å². The largest absolute Gasteiger partial charge is 0.384 e. The fourth-order valence-electron chi connectivity index (χ4n) is 3.31. The minimum atomic E-state index is 0.485. The second kappa shape index (κ2) is 6.72. The maximum absolute atomic E-state index is 5.95. The van der Waals surface area contributed by atoms with E-state index in [0.717, 1.165) is 18.4 Å². The van der Waals surface area contributed by atoms with Crippen molar-refractivity contribution in [2.75, 3.05) is 33.4 Å². The van der Waals surface area contributed by atoms with Crippen molar-refractivity contribution < 1.29 is 4.74 Å². The van der Waals surface area contributed by atoms with Gasteiger partial charge in [-0.05, 0) is 63.5 Å². The molecule has 0 aromatic rings. The van der Waals surface area contributed by atoms with Gasteiger partial charge in [0, 0.05) is 26.3 Å². The van der Waals surface area contributed by atoms with Crippen LogP contribution in [0.15, 0.2) is 0 Å². The van der Waals surface area contributed by atoms with Crippen LogP contribution in [0.4, 0.5) is 0 Å². The molecule has 0 aromatic heterocycles. The topological polar surface area (TPSA) is 38.5 Å². The fourth-order valence-corrected chi connectivity index (χ4v) is 3.31. The Morgan fingerprint density at radius 2 is 1.65 bits per heavy atom. The molecule has 2 aliphatic rings. The molecule has 3 nitrogen and oxygen atoms in total. The first-order valence-electron chi connectivity index (χ1n) is 7.24. The minimum absolute atomic E-state index is 0.485. The summed E-state index contributed by atoms with van der Waals surface area (Å²) in [4.78, 5) is 2.66. The van der Waals surface area contributed by atoms with E-state index < -0.39 is 0 Å². The number of nitrogens with two attached hydrogens (primary N) is 1. The smallest absolute Gasteiger partial charge is 0.0491 e. The predicted octanol–water partition coefficient (Wildman–Crippen LogP) is 1.86. The zero-order chi connectivity index (χ0) is 12.1. The Bertz CT molecular complexity index is 206. The van der Waals surface area contributed by atoms with Crippen molar-refractivity contribution >= 4 is 0 Å². The summed E-state index contributed by atoms with van der Waals surface area (Å²) < 4.78 is 5.25. The van der Waals surface area contributed by atoms with Gasteiger partial charge in [0.15, 0.2) is 0 Å². The van der Waals surface area contributed by atoms with E-state index in [4.69, 9.17) is 10.5 Å². The number of nitrogens with zero attached hydrogens (tertiary/aromatic N) is 1. The Morgan fingerprint density at radius 3 is 2.24 bits per heavy atom. The van der Waals surface area contributed by atoms with Gasteiger partial charge in [0.05, 0.1) is 0 Å². The fraction of sp³-hybridized carbons (Fsp3) is 1.00. The van der Waals surface area contributed by atoms with Crippen LogP contribution in [0.5, 0.6) is 0 Å². The van der Waals surface area contributed by atoms with E-state index in [0.29, 0.717) is 6.04 Å². The third-order valence-electron chi connectivity index (χ3n) is 4.52. The summed E-state index contributed by atoms with van der Waals surface area (Å²) >= 11 is 0. The molecule has 0 amide bonds. The molecular weight excluding hydrogens is 212 g/mol. The highest BCUT2D eigenvalue weighted by Crippen LogP contribution is 2.26. The summed E-state index contributed by atoms with van der Waals surface area (Å²) in [6.07, 6.45) is 7.81. The average molecular weight is 240 g/mol. The van der Waals surface area contributed by atoms with Crippen molar-refractivity contribution in [1.29, 1.82) is 0 Å². The summed E-state index contributed by atoms with van der Waals surface area (Å²) in [6, 6.07) is 0.485. The van der Waals surface area contributed by atoms with Crippen molar-refractivity contribution in [2.24, 2.45) is 17.6 Å². The second-order valence-electron chi connectivity index (χ2n) is 5.98. The molecule has 2 fully saturated rings. The summed E-state index contributed by atoms with van der Waals surface area (Å²) in [5.41, 5.74) is 5.95. The highest BCUT2D eigenvalue weighted by molar-refractivity contribution is 4.79. The molecule has 0 atom stereocenters. The number of piperidine rings is 1. The maximum atomic E-state index is 5.95. The van der Waals surface area contributed by atoms with E-state index in [9.17, 15) is 0 Å². The highest BCUT2D eigenvalue weighted by atomic mass is 16.5. The molecule has 0 bridgehead atoms. The van der Waals surface area contributed by atoms with Crippen LogP contribution >= 0.6 is 0 Å². The van der Waals surface area contributed by atoms with Crippen LogP contribution in [-0.4, -0.2) is 44.3 Å². The van der Waals surface area contributed by atoms with Gasteiger partial charge < -0.3 is 15.4 Å². The van der Waals surface area contributed by atoms with Gasteiger partial charge in [-0.25, -0.2) is 0 Å². The van der Waals surface area contributed by atoms with Crippen molar-refractivity contribution in [3.63, 3.8) is 0 Å². The third kappa shape index (κ3) is 4.23. The first kappa shape index (κ1) is 13.3. The highest BCUT2D eigenvalue weighted by Gasteiger charge is 2.24. The lowest BCUT2D eigenvalue weighted by molar-refractivity contribution is 0.0880. The van der Waals surface area contributed by atoms with Crippen LogP contribution in [0.1, 0.15) is 38.5 Å². The molecular formula is C14H28N2O. The van der Waals surface area contributed by atoms with Crippen LogP contribution in [0.2, 0.25) is 0 Å². The van der Waals surface area contributed by atoms with Crippen LogP contribution < -0.4 is 5.73 Å². The molecule has 0 spiro atoms. The first-order valence-corrected chi connectivity index (χ1v) is 7.24. The molecule has 1 saturated heterocycles. The Hall–Kier alpha value is -0.120. The third-order valence-corrected chi connectivity index (χ3v) is 4.52. The van der Waals surface area contributed by atoms with Gasteiger partial charge >= 0.3 is 0 Å². The Balaban J connectivity index is 1.64.